The Bertz CT molecular complexity index is 1300. The second-order valence-electron chi connectivity index (χ2n) is 9.41. The lowest BCUT2D eigenvalue weighted by molar-refractivity contribution is -0.140. The number of amides is 2. The number of unbranched alkanes of at least 4 members (excludes halogenated alkanes) is 1. The van der Waals surface area contributed by atoms with Gasteiger partial charge in [-0.25, -0.2) is 8.42 Å². The number of nitrogens with one attached hydrogen (secondary N) is 1. The third kappa shape index (κ3) is 8.18. The monoisotopic (exact) mass is 535 g/mol. The van der Waals surface area contributed by atoms with Crippen LogP contribution >= 0.6 is 0 Å². The number of anilines is 1. The molecule has 1 atom stereocenters. The van der Waals surface area contributed by atoms with Gasteiger partial charge in [-0.05, 0) is 36.1 Å². The Kier molecular flexibility index (Phi) is 10.5. The van der Waals surface area contributed by atoms with Crippen LogP contribution in [0.5, 0.6) is 0 Å². The predicted molar refractivity (Wildman–Crippen MR) is 152 cm³/mol. The number of para-hydroxylation sites is 1. The molecule has 202 valence electrons. The lowest BCUT2D eigenvalue weighted by atomic mass is 10.0. The molecular formula is C30H37N3O4S. The van der Waals surface area contributed by atoms with Gasteiger partial charge in [0.2, 0.25) is 21.8 Å². The van der Waals surface area contributed by atoms with E-state index in [0.29, 0.717) is 18.7 Å². The first-order valence-corrected chi connectivity index (χ1v) is 14.7. The first-order chi connectivity index (χ1) is 18.2. The predicted octanol–water partition coefficient (Wildman–Crippen LogP) is 4.32. The first kappa shape index (κ1) is 28.9. The quantitative estimate of drug-likeness (QED) is 0.330. The van der Waals surface area contributed by atoms with E-state index in [1.165, 1.54) is 4.90 Å². The Morgan fingerprint density at radius 2 is 1.45 bits per heavy atom. The van der Waals surface area contributed by atoms with E-state index < -0.39 is 28.5 Å². The molecule has 1 N–H and O–H groups in total. The summed E-state index contributed by atoms with van der Waals surface area (Å²) in [6, 6.07) is 25.2. The van der Waals surface area contributed by atoms with Gasteiger partial charge in [0.15, 0.2) is 0 Å². The molecule has 0 bridgehead atoms. The van der Waals surface area contributed by atoms with Crippen molar-refractivity contribution in [2.75, 3.05) is 23.7 Å². The maximum absolute atomic E-state index is 14.0. The van der Waals surface area contributed by atoms with Gasteiger partial charge in [-0.1, -0.05) is 92.2 Å². The smallest absolute Gasteiger partial charge is 0.244 e. The fraction of sp³-hybridized carbons (Fsp3) is 0.333. The van der Waals surface area contributed by atoms with E-state index in [2.05, 4.69) is 5.32 Å². The van der Waals surface area contributed by atoms with Gasteiger partial charge in [0.25, 0.3) is 0 Å². The average molecular weight is 536 g/mol. The number of hydrogen-bond donors (Lipinski definition) is 1. The van der Waals surface area contributed by atoms with Gasteiger partial charge in [0.05, 0.1) is 11.9 Å². The Morgan fingerprint density at radius 1 is 0.868 bits per heavy atom. The minimum absolute atomic E-state index is 0.170. The van der Waals surface area contributed by atoms with Crippen LogP contribution in [0.2, 0.25) is 0 Å². The molecule has 0 fully saturated rings. The Morgan fingerprint density at radius 3 is 2.03 bits per heavy atom. The summed E-state index contributed by atoms with van der Waals surface area (Å²) in [5.41, 5.74) is 2.93. The number of sulfonamides is 1. The second-order valence-corrected chi connectivity index (χ2v) is 11.3. The highest BCUT2D eigenvalue weighted by Gasteiger charge is 2.33. The molecule has 3 rings (SSSR count). The van der Waals surface area contributed by atoms with Crippen LogP contribution in [0, 0.1) is 6.92 Å². The first-order valence-electron chi connectivity index (χ1n) is 12.9. The van der Waals surface area contributed by atoms with Gasteiger partial charge in [-0.2, -0.15) is 0 Å². The summed E-state index contributed by atoms with van der Waals surface area (Å²) in [4.78, 5) is 29.0. The highest BCUT2D eigenvalue weighted by atomic mass is 32.2. The van der Waals surface area contributed by atoms with Crippen LogP contribution in [0.1, 0.15) is 36.5 Å². The highest BCUT2D eigenvalue weighted by molar-refractivity contribution is 7.92. The fourth-order valence-corrected chi connectivity index (χ4v) is 5.19. The summed E-state index contributed by atoms with van der Waals surface area (Å²) >= 11 is 0. The molecule has 0 saturated heterocycles. The van der Waals surface area contributed by atoms with Gasteiger partial charge in [-0.15, -0.1) is 0 Å². The van der Waals surface area contributed by atoms with Crippen molar-refractivity contribution >= 4 is 27.5 Å². The summed E-state index contributed by atoms with van der Waals surface area (Å²) in [5, 5.41) is 2.98. The van der Waals surface area contributed by atoms with E-state index in [1.807, 2.05) is 73.7 Å². The lowest BCUT2D eigenvalue weighted by Crippen LogP contribution is -2.53. The van der Waals surface area contributed by atoms with Crippen LogP contribution in [-0.2, 0) is 32.6 Å². The van der Waals surface area contributed by atoms with Crippen LogP contribution in [0.15, 0.2) is 84.9 Å². The number of rotatable bonds is 13. The molecule has 0 aromatic heterocycles. The molecule has 8 heteroatoms. The van der Waals surface area contributed by atoms with Crippen LogP contribution in [0.3, 0.4) is 0 Å². The van der Waals surface area contributed by atoms with E-state index in [0.717, 1.165) is 40.1 Å². The van der Waals surface area contributed by atoms with E-state index in [4.69, 9.17) is 0 Å². The van der Waals surface area contributed by atoms with Crippen LogP contribution < -0.4 is 9.62 Å². The molecule has 3 aromatic carbocycles. The van der Waals surface area contributed by atoms with Crippen LogP contribution in [0.25, 0.3) is 0 Å². The van der Waals surface area contributed by atoms with Gasteiger partial charge in [-0.3, -0.25) is 13.9 Å². The minimum atomic E-state index is -3.78. The maximum atomic E-state index is 14.0. The molecule has 7 nitrogen and oxygen atoms in total. The molecule has 0 unspecified atom stereocenters. The number of carbonyl (C=O) groups is 2. The number of benzene rings is 3. The topological polar surface area (TPSA) is 86.8 Å². The summed E-state index contributed by atoms with van der Waals surface area (Å²) in [5.74, 6) is -0.706. The summed E-state index contributed by atoms with van der Waals surface area (Å²) in [7, 11) is -3.78. The standard InChI is InChI=1S/C30H37N3O4S/c1-4-5-20-31-30(35)28(21-25-15-8-6-9-16-25)32(22-26-17-10-7-11-18-26)29(34)23-33(38(3,36)37)27-19-13-12-14-24(27)2/h6-19,28H,4-5,20-23H2,1-3H3,(H,31,35)/t28-/m1/s1. The Labute approximate surface area is 226 Å². The van der Waals surface area contributed by atoms with E-state index in [1.54, 1.807) is 25.1 Å². The largest absolute Gasteiger partial charge is 0.354 e. The van der Waals surface area contributed by atoms with Crippen molar-refractivity contribution in [3.8, 4) is 0 Å². The van der Waals surface area contributed by atoms with Crippen molar-refractivity contribution in [1.82, 2.24) is 10.2 Å². The van der Waals surface area contributed by atoms with Crippen LogP contribution in [-0.4, -0.2) is 50.5 Å². The van der Waals surface area contributed by atoms with Crippen molar-refractivity contribution in [1.29, 1.82) is 0 Å². The summed E-state index contributed by atoms with van der Waals surface area (Å²) in [6.45, 7) is 4.11. The van der Waals surface area contributed by atoms with Gasteiger partial charge in [0.1, 0.15) is 12.6 Å². The number of hydrogen-bond acceptors (Lipinski definition) is 4. The lowest BCUT2D eigenvalue weighted by Gasteiger charge is -2.33. The van der Waals surface area contributed by atoms with Crippen molar-refractivity contribution in [2.24, 2.45) is 0 Å². The molecular weight excluding hydrogens is 498 g/mol. The second kappa shape index (κ2) is 13.8. The highest BCUT2D eigenvalue weighted by Crippen LogP contribution is 2.23. The Hall–Kier alpha value is -3.65. The third-order valence-corrected chi connectivity index (χ3v) is 7.49. The van der Waals surface area contributed by atoms with Crippen molar-refractivity contribution in [2.45, 2.75) is 45.7 Å². The van der Waals surface area contributed by atoms with Crippen LogP contribution in [0.4, 0.5) is 5.69 Å². The normalized spacial score (nSPS) is 12.0. The molecule has 0 spiro atoms. The SMILES string of the molecule is CCCCNC(=O)[C@@H](Cc1ccccc1)N(Cc1ccccc1)C(=O)CN(c1ccccc1C)S(C)(=O)=O. The minimum Gasteiger partial charge on any atom is -0.354 e. The van der Waals surface area contributed by atoms with Crippen molar-refractivity contribution in [3.05, 3.63) is 102 Å². The number of nitrogens with zero attached hydrogens (tertiary/aromatic N) is 2. The van der Waals surface area contributed by atoms with Gasteiger partial charge >= 0.3 is 0 Å². The molecule has 2 amide bonds. The third-order valence-electron chi connectivity index (χ3n) is 6.36. The zero-order valence-corrected chi connectivity index (χ0v) is 23.2. The zero-order chi connectivity index (χ0) is 27.5. The van der Waals surface area contributed by atoms with E-state index >= 15 is 0 Å². The van der Waals surface area contributed by atoms with E-state index in [9.17, 15) is 18.0 Å². The Balaban J connectivity index is 2.02. The summed E-state index contributed by atoms with van der Waals surface area (Å²) < 4.78 is 26.8. The molecule has 0 aliphatic heterocycles. The number of carbonyl (C=O) groups excluding carboxylic acids is 2. The molecule has 0 radical (unpaired) electrons. The molecule has 0 aliphatic carbocycles. The van der Waals surface area contributed by atoms with Crippen molar-refractivity contribution < 1.29 is 18.0 Å². The molecule has 0 heterocycles. The molecule has 0 aliphatic rings. The number of aryl methyl sites for hydroxylation is 1. The van der Waals surface area contributed by atoms with Crippen molar-refractivity contribution in [3.63, 3.8) is 0 Å². The van der Waals surface area contributed by atoms with E-state index in [-0.39, 0.29) is 12.5 Å². The molecule has 0 saturated carbocycles. The summed E-state index contributed by atoms with van der Waals surface area (Å²) in [6.07, 6.45) is 3.15. The maximum Gasteiger partial charge on any atom is 0.244 e. The van der Waals surface area contributed by atoms with Gasteiger partial charge < -0.3 is 10.2 Å². The molecule has 3 aromatic rings. The zero-order valence-electron chi connectivity index (χ0n) is 22.3. The fourth-order valence-electron chi connectivity index (χ4n) is 4.28. The van der Waals surface area contributed by atoms with Gasteiger partial charge in [0, 0.05) is 19.5 Å². The average Bonchev–Trinajstić information content (AvgIpc) is 2.90. The molecule has 38 heavy (non-hydrogen) atoms.